The zero-order chi connectivity index (χ0) is 11.1. The highest BCUT2D eigenvalue weighted by atomic mass is 32.3. The van der Waals surface area contributed by atoms with Crippen molar-refractivity contribution in [2.45, 2.75) is 30.6 Å². The summed E-state index contributed by atoms with van der Waals surface area (Å²) in [6.07, 6.45) is 4.75. The minimum Gasteiger partial charge on any atom is -0.139 e. The van der Waals surface area contributed by atoms with E-state index in [1.807, 2.05) is 35.3 Å². The molecule has 0 aromatic heterocycles. The van der Waals surface area contributed by atoms with Gasteiger partial charge in [0.25, 0.3) is 0 Å². The molecule has 0 aromatic rings. The zero-order valence-electron chi connectivity index (χ0n) is 9.45. The van der Waals surface area contributed by atoms with Crippen molar-refractivity contribution in [1.82, 2.24) is 0 Å². The Labute approximate surface area is 115 Å². The van der Waals surface area contributed by atoms with Crippen LogP contribution in [0.4, 0.5) is 0 Å². The van der Waals surface area contributed by atoms with Gasteiger partial charge in [-0.1, -0.05) is 37.4 Å². The zero-order valence-corrected chi connectivity index (χ0v) is 13.5. The molecule has 1 aliphatic rings. The molecule has 0 fully saturated rings. The molecular formula is C10H18S5. The second kappa shape index (κ2) is 8.56. The molecule has 0 nitrogen and oxygen atoms in total. The third-order valence-electron chi connectivity index (χ3n) is 1.64. The van der Waals surface area contributed by atoms with E-state index in [0.717, 1.165) is 0 Å². The summed E-state index contributed by atoms with van der Waals surface area (Å²) in [4.78, 5) is 0. The summed E-state index contributed by atoms with van der Waals surface area (Å²) in [5.41, 5.74) is 0. The predicted octanol–water partition coefficient (Wildman–Crippen LogP) is 5.53. The molecule has 5 heteroatoms. The molecular weight excluding hydrogens is 280 g/mol. The maximum atomic E-state index is 2.26. The SMILES string of the molecule is CCCSC1=C(SCCC)SC(SC)S1. The van der Waals surface area contributed by atoms with E-state index in [0.29, 0.717) is 3.91 Å². The molecule has 0 radical (unpaired) electrons. The molecule has 0 saturated heterocycles. The van der Waals surface area contributed by atoms with E-state index in [1.165, 1.54) is 24.3 Å². The van der Waals surface area contributed by atoms with Crippen LogP contribution in [0, 0.1) is 0 Å². The average molecular weight is 299 g/mol. The van der Waals surface area contributed by atoms with Gasteiger partial charge in [0, 0.05) is 0 Å². The van der Waals surface area contributed by atoms with Crippen molar-refractivity contribution < 1.29 is 0 Å². The first-order valence-electron chi connectivity index (χ1n) is 5.17. The quantitative estimate of drug-likeness (QED) is 0.604. The van der Waals surface area contributed by atoms with E-state index in [4.69, 9.17) is 0 Å². The van der Waals surface area contributed by atoms with Crippen molar-refractivity contribution in [2.24, 2.45) is 0 Å². The van der Waals surface area contributed by atoms with Crippen LogP contribution in [0.25, 0.3) is 0 Å². The van der Waals surface area contributed by atoms with E-state index in [2.05, 4.69) is 43.6 Å². The second-order valence-electron chi connectivity index (χ2n) is 3.03. The maximum absolute atomic E-state index is 2.26. The molecule has 15 heavy (non-hydrogen) atoms. The highest BCUT2D eigenvalue weighted by Crippen LogP contribution is 2.57. The van der Waals surface area contributed by atoms with Crippen LogP contribution in [0.2, 0.25) is 0 Å². The molecule has 0 bridgehead atoms. The van der Waals surface area contributed by atoms with Gasteiger partial charge in [-0.2, -0.15) is 0 Å². The Balaban J connectivity index is 2.47. The van der Waals surface area contributed by atoms with Crippen LogP contribution in [-0.4, -0.2) is 21.7 Å². The Morgan fingerprint density at radius 2 is 1.47 bits per heavy atom. The minimum atomic E-state index is 0.698. The van der Waals surface area contributed by atoms with Crippen LogP contribution in [0.5, 0.6) is 0 Å². The Bertz CT molecular complexity index is 194. The van der Waals surface area contributed by atoms with E-state index >= 15 is 0 Å². The Morgan fingerprint density at radius 1 is 1.00 bits per heavy atom. The molecule has 0 unspecified atom stereocenters. The number of rotatable bonds is 7. The van der Waals surface area contributed by atoms with Crippen LogP contribution < -0.4 is 0 Å². The second-order valence-corrected chi connectivity index (χ2v) is 9.83. The molecule has 0 aromatic carbocycles. The molecule has 0 atom stereocenters. The molecule has 1 aliphatic heterocycles. The van der Waals surface area contributed by atoms with Gasteiger partial charge >= 0.3 is 0 Å². The smallest absolute Gasteiger partial charge is 0.106 e. The topological polar surface area (TPSA) is 0 Å². The molecule has 0 amide bonds. The van der Waals surface area contributed by atoms with Crippen molar-refractivity contribution in [1.29, 1.82) is 0 Å². The fourth-order valence-corrected chi connectivity index (χ4v) is 8.28. The molecule has 0 N–H and O–H groups in total. The highest BCUT2D eigenvalue weighted by Gasteiger charge is 2.25. The van der Waals surface area contributed by atoms with Gasteiger partial charge in [0.2, 0.25) is 0 Å². The third kappa shape index (κ3) is 5.11. The van der Waals surface area contributed by atoms with E-state index in [9.17, 15) is 0 Å². The summed E-state index contributed by atoms with van der Waals surface area (Å²) >= 11 is 10.2. The summed E-state index contributed by atoms with van der Waals surface area (Å²) in [5, 5.41) is 0. The molecule has 88 valence electrons. The number of hydrogen-bond acceptors (Lipinski definition) is 5. The summed E-state index contributed by atoms with van der Waals surface area (Å²) in [6, 6.07) is 0. The highest BCUT2D eigenvalue weighted by molar-refractivity contribution is 8.44. The van der Waals surface area contributed by atoms with Crippen LogP contribution in [0.1, 0.15) is 26.7 Å². The summed E-state index contributed by atoms with van der Waals surface area (Å²) in [5.74, 6) is 2.53. The first-order chi connectivity index (χ1) is 7.31. The first kappa shape index (κ1) is 14.6. The lowest BCUT2D eigenvalue weighted by Gasteiger charge is -2.02. The summed E-state index contributed by atoms with van der Waals surface area (Å²) < 4.78 is 3.86. The lowest BCUT2D eigenvalue weighted by atomic mass is 10.6. The summed E-state index contributed by atoms with van der Waals surface area (Å²) in [6.45, 7) is 4.51. The van der Waals surface area contributed by atoms with Gasteiger partial charge in [-0.25, -0.2) is 0 Å². The van der Waals surface area contributed by atoms with Crippen molar-refractivity contribution in [3.05, 3.63) is 8.47 Å². The third-order valence-corrected chi connectivity index (χ3v) is 9.51. The normalized spacial score (nSPS) is 17.8. The number of hydrogen-bond donors (Lipinski definition) is 0. The molecule has 1 heterocycles. The van der Waals surface area contributed by atoms with Crippen LogP contribution in [0.15, 0.2) is 8.47 Å². The average Bonchev–Trinajstić information content (AvgIpc) is 2.66. The van der Waals surface area contributed by atoms with Gasteiger partial charge < -0.3 is 0 Å². The van der Waals surface area contributed by atoms with E-state index < -0.39 is 0 Å². The first-order valence-corrected chi connectivity index (χ1v) is 10.2. The maximum Gasteiger partial charge on any atom is 0.106 e. The van der Waals surface area contributed by atoms with Gasteiger partial charge in [-0.05, 0) is 30.6 Å². The van der Waals surface area contributed by atoms with Gasteiger partial charge in [-0.15, -0.1) is 35.3 Å². The summed E-state index contributed by atoms with van der Waals surface area (Å²) in [7, 11) is 0. The lowest BCUT2D eigenvalue weighted by Crippen LogP contribution is -1.80. The minimum absolute atomic E-state index is 0.698. The lowest BCUT2D eigenvalue weighted by molar-refractivity contribution is 1.11. The molecule has 0 aliphatic carbocycles. The fourth-order valence-electron chi connectivity index (χ4n) is 0.967. The Morgan fingerprint density at radius 3 is 1.80 bits per heavy atom. The largest absolute Gasteiger partial charge is 0.139 e. The molecule has 0 saturated carbocycles. The van der Waals surface area contributed by atoms with E-state index in [1.54, 1.807) is 8.47 Å². The van der Waals surface area contributed by atoms with Crippen LogP contribution in [-0.2, 0) is 0 Å². The monoisotopic (exact) mass is 298 g/mol. The van der Waals surface area contributed by atoms with Gasteiger partial charge in [-0.3, -0.25) is 0 Å². The fraction of sp³-hybridized carbons (Fsp3) is 0.800. The van der Waals surface area contributed by atoms with Crippen molar-refractivity contribution in [2.75, 3.05) is 17.8 Å². The predicted molar refractivity (Wildman–Crippen MR) is 85.0 cm³/mol. The van der Waals surface area contributed by atoms with Crippen molar-refractivity contribution in [3.8, 4) is 0 Å². The Hall–Kier alpha value is 1.49. The Kier molecular flexibility index (Phi) is 8.31. The van der Waals surface area contributed by atoms with Crippen LogP contribution >= 0.6 is 58.8 Å². The van der Waals surface area contributed by atoms with Crippen molar-refractivity contribution >= 4 is 58.8 Å². The van der Waals surface area contributed by atoms with Gasteiger partial charge in [0.05, 0.1) is 8.47 Å². The van der Waals surface area contributed by atoms with Gasteiger partial charge in [0.15, 0.2) is 0 Å². The van der Waals surface area contributed by atoms with Crippen LogP contribution in [0.3, 0.4) is 0 Å². The standard InChI is InChI=1S/C10H18S5/c1-4-6-12-8-9(13-7-5-2)15-10(11-3)14-8/h10H,4-7H2,1-3H3. The van der Waals surface area contributed by atoms with E-state index in [-0.39, 0.29) is 0 Å². The number of thioether (sulfide) groups is 5. The molecule has 1 rings (SSSR count). The molecule has 0 spiro atoms. The van der Waals surface area contributed by atoms with Crippen molar-refractivity contribution in [3.63, 3.8) is 0 Å². The van der Waals surface area contributed by atoms with Gasteiger partial charge in [0.1, 0.15) is 3.91 Å².